The van der Waals surface area contributed by atoms with E-state index >= 15 is 0 Å². The average Bonchev–Trinajstić information content (AvgIpc) is 3.19. The number of carbonyl (C=O) groups is 1. The summed E-state index contributed by atoms with van der Waals surface area (Å²) in [6, 6.07) is 3.97. The monoisotopic (exact) mass is 410 g/mol. The van der Waals surface area contributed by atoms with Crippen LogP contribution in [-0.2, 0) is 16.0 Å². The molecule has 1 atom stereocenters. The summed E-state index contributed by atoms with van der Waals surface area (Å²) in [6.07, 6.45) is 1.03. The van der Waals surface area contributed by atoms with Crippen molar-refractivity contribution in [2.75, 3.05) is 0 Å². The lowest BCUT2D eigenvalue weighted by Gasteiger charge is -2.12. The molecule has 0 radical (unpaired) electrons. The summed E-state index contributed by atoms with van der Waals surface area (Å²) in [4.78, 5) is 33.9. The van der Waals surface area contributed by atoms with Crippen LogP contribution >= 0.6 is 11.3 Å². The van der Waals surface area contributed by atoms with E-state index in [0.717, 1.165) is 38.1 Å². The van der Waals surface area contributed by atoms with Crippen LogP contribution in [0.15, 0.2) is 27.6 Å². The van der Waals surface area contributed by atoms with Gasteiger partial charge >= 0.3 is 5.97 Å². The number of aromatic nitrogens is 2. The number of aromatic amines is 1. The zero-order chi connectivity index (χ0) is 20.9. The molecule has 4 aromatic rings. The Balaban J connectivity index is 1.55. The number of ether oxygens (including phenoxy) is 1. The molecule has 3 heterocycles. The van der Waals surface area contributed by atoms with Crippen LogP contribution in [0.2, 0.25) is 0 Å². The number of esters is 1. The first-order valence-corrected chi connectivity index (χ1v) is 10.2. The summed E-state index contributed by atoms with van der Waals surface area (Å²) < 4.78 is 11.2. The lowest BCUT2D eigenvalue weighted by molar-refractivity contribution is -0.148. The molecule has 4 rings (SSSR count). The Morgan fingerprint density at radius 1 is 1.24 bits per heavy atom. The summed E-state index contributed by atoms with van der Waals surface area (Å²) in [5, 5.41) is 1.51. The Morgan fingerprint density at radius 3 is 2.76 bits per heavy atom. The van der Waals surface area contributed by atoms with Crippen molar-refractivity contribution >= 4 is 38.5 Å². The third-order valence-electron chi connectivity index (χ3n) is 5.43. The van der Waals surface area contributed by atoms with Crippen LogP contribution in [0.1, 0.15) is 46.0 Å². The van der Waals surface area contributed by atoms with Crippen molar-refractivity contribution in [3.05, 3.63) is 61.7 Å². The molecule has 0 bridgehead atoms. The molecule has 0 saturated carbocycles. The van der Waals surface area contributed by atoms with Crippen molar-refractivity contribution in [1.82, 2.24) is 9.97 Å². The van der Waals surface area contributed by atoms with E-state index in [4.69, 9.17) is 9.15 Å². The van der Waals surface area contributed by atoms with Crippen molar-refractivity contribution in [1.29, 1.82) is 0 Å². The van der Waals surface area contributed by atoms with Gasteiger partial charge in [0.25, 0.3) is 5.56 Å². The quantitative estimate of drug-likeness (QED) is 0.488. The number of thiophene rings is 1. The highest BCUT2D eigenvalue weighted by Crippen LogP contribution is 2.28. The van der Waals surface area contributed by atoms with Crippen LogP contribution in [0, 0.1) is 27.7 Å². The van der Waals surface area contributed by atoms with Gasteiger partial charge in [0, 0.05) is 15.8 Å². The van der Waals surface area contributed by atoms with Crippen LogP contribution in [0.25, 0.3) is 21.2 Å². The Hall–Kier alpha value is -2.93. The van der Waals surface area contributed by atoms with E-state index < -0.39 is 12.1 Å². The summed E-state index contributed by atoms with van der Waals surface area (Å²) in [7, 11) is 0. The predicted octanol–water partition coefficient (Wildman–Crippen LogP) is 4.81. The molecule has 1 aromatic carbocycles. The second-order valence-electron chi connectivity index (χ2n) is 7.37. The van der Waals surface area contributed by atoms with E-state index in [9.17, 15) is 9.59 Å². The van der Waals surface area contributed by atoms with Gasteiger partial charge in [-0.05, 0) is 51.3 Å². The molecular weight excluding hydrogens is 388 g/mol. The van der Waals surface area contributed by atoms with Crippen molar-refractivity contribution < 1.29 is 13.9 Å². The molecule has 6 nitrogen and oxygen atoms in total. The first-order valence-electron chi connectivity index (χ1n) is 9.42. The molecule has 1 N–H and O–H groups in total. The molecule has 3 aromatic heterocycles. The van der Waals surface area contributed by atoms with Gasteiger partial charge in [0.05, 0.1) is 18.1 Å². The SMILES string of the molecule is Cc1ccc2c(CC(=O)OC(C)c3nc4sc(C)c(C)c4c(=O)[nH]3)coc2c1C. The van der Waals surface area contributed by atoms with Crippen molar-refractivity contribution in [2.24, 2.45) is 0 Å². The van der Waals surface area contributed by atoms with Gasteiger partial charge in [-0.15, -0.1) is 11.3 Å². The van der Waals surface area contributed by atoms with Gasteiger partial charge in [0.2, 0.25) is 0 Å². The molecule has 29 heavy (non-hydrogen) atoms. The number of H-pyrrole nitrogens is 1. The zero-order valence-electron chi connectivity index (χ0n) is 17.0. The van der Waals surface area contributed by atoms with E-state index in [1.54, 1.807) is 13.2 Å². The fourth-order valence-corrected chi connectivity index (χ4v) is 4.48. The number of benzene rings is 1. The van der Waals surface area contributed by atoms with E-state index in [1.165, 1.54) is 11.3 Å². The number of hydrogen-bond acceptors (Lipinski definition) is 6. The zero-order valence-corrected chi connectivity index (χ0v) is 17.8. The fourth-order valence-electron chi connectivity index (χ4n) is 3.44. The second kappa shape index (κ2) is 7.15. The minimum atomic E-state index is -0.663. The molecule has 150 valence electrons. The smallest absolute Gasteiger partial charge is 0.311 e. The highest BCUT2D eigenvalue weighted by Gasteiger charge is 2.20. The molecule has 0 saturated heterocycles. The molecule has 0 aliphatic rings. The van der Waals surface area contributed by atoms with Gasteiger partial charge in [-0.3, -0.25) is 9.59 Å². The van der Waals surface area contributed by atoms with Gasteiger partial charge in [-0.2, -0.15) is 0 Å². The number of nitrogens with one attached hydrogen (secondary N) is 1. The Morgan fingerprint density at radius 2 is 2.00 bits per heavy atom. The van der Waals surface area contributed by atoms with Gasteiger partial charge in [-0.25, -0.2) is 4.98 Å². The lowest BCUT2D eigenvalue weighted by Crippen LogP contribution is -2.18. The van der Waals surface area contributed by atoms with E-state index in [-0.39, 0.29) is 12.0 Å². The average molecular weight is 410 g/mol. The highest BCUT2D eigenvalue weighted by molar-refractivity contribution is 7.18. The van der Waals surface area contributed by atoms with Crippen LogP contribution < -0.4 is 5.56 Å². The summed E-state index contributed by atoms with van der Waals surface area (Å²) >= 11 is 1.47. The van der Waals surface area contributed by atoms with Gasteiger partial charge in [0.15, 0.2) is 11.9 Å². The number of aryl methyl sites for hydroxylation is 4. The summed E-state index contributed by atoms with van der Waals surface area (Å²) in [6.45, 7) is 9.59. The number of carbonyl (C=O) groups excluding carboxylic acids is 1. The molecular formula is C22H22N2O4S. The van der Waals surface area contributed by atoms with Crippen molar-refractivity contribution in [2.45, 2.75) is 47.1 Å². The number of hydrogen-bond donors (Lipinski definition) is 1. The first-order chi connectivity index (χ1) is 13.8. The van der Waals surface area contributed by atoms with Crippen LogP contribution in [0.4, 0.5) is 0 Å². The Labute approximate surface area is 171 Å². The van der Waals surface area contributed by atoms with E-state index in [1.807, 2.05) is 39.8 Å². The number of rotatable bonds is 4. The maximum atomic E-state index is 12.5. The van der Waals surface area contributed by atoms with E-state index in [2.05, 4.69) is 9.97 Å². The maximum absolute atomic E-state index is 12.5. The Kier molecular flexibility index (Phi) is 4.78. The molecule has 0 amide bonds. The Bertz CT molecular complexity index is 1310. The number of furan rings is 1. The standard InChI is InChI=1S/C22H22N2O4S/c1-10-6-7-16-15(9-27-19(16)11(10)2)8-17(25)28-13(4)20-23-21(26)18-12(3)14(5)29-22(18)24-20/h6-7,9,13H,8H2,1-5H3,(H,23,24,26). The fraction of sp³-hybridized carbons (Fsp3) is 0.318. The third kappa shape index (κ3) is 3.35. The van der Waals surface area contributed by atoms with Crippen molar-refractivity contribution in [3.8, 4) is 0 Å². The van der Waals surface area contributed by atoms with Crippen molar-refractivity contribution in [3.63, 3.8) is 0 Å². The minimum Gasteiger partial charge on any atom is -0.464 e. The largest absolute Gasteiger partial charge is 0.464 e. The van der Waals surface area contributed by atoms with Crippen LogP contribution in [0.5, 0.6) is 0 Å². The number of nitrogens with zero attached hydrogens (tertiary/aromatic N) is 1. The normalized spacial score (nSPS) is 12.6. The first kappa shape index (κ1) is 19.4. The predicted molar refractivity (Wildman–Crippen MR) is 114 cm³/mol. The third-order valence-corrected chi connectivity index (χ3v) is 6.53. The number of fused-ring (bicyclic) bond motifs is 2. The van der Waals surface area contributed by atoms with Gasteiger partial charge < -0.3 is 14.1 Å². The van der Waals surface area contributed by atoms with Crippen LogP contribution in [0.3, 0.4) is 0 Å². The minimum absolute atomic E-state index is 0.0868. The highest BCUT2D eigenvalue weighted by atomic mass is 32.1. The molecule has 0 fully saturated rings. The molecule has 0 aliphatic carbocycles. The molecule has 0 aliphatic heterocycles. The maximum Gasteiger partial charge on any atom is 0.311 e. The molecule has 1 unspecified atom stereocenters. The topological polar surface area (TPSA) is 85.2 Å². The lowest BCUT2D eigenvalue weighted by atomic mass is 10.0. The molecule has 0 spiro atoms. The van der Waals surface area contributed by atoms with E-state index in [0.29, 0.717) is 16.0 Å². The van der Waals surface area contributed by atoms with Gasteiger partial charge in [0.1, 0.15) is 10.4 Å². The van der Waals surface area contributed by atoms with Gasteiger partial charge in [-0.1, -0.05) is 12.1 Å². The van der Waals surface area contributed by atoms with Crippen LogP contribution in [-0.4, -0.2) is 15.9 Å². The summed E-state index contributed by atoms with van der Waals surface area (Å²) in [5.74, 6) is -0.0552. The molecule has 7 heteroatoms. The second-order valence-corrected chi connectivity index (χ2v) is 8.57. The summed E-state index contributed by atoms with van der Waals surface area (Å²) in [5.41, 5.74) is 4.50.